The summed E-state index contributed by atoms with van der Waals surface area (Å²) in [5, 5.41) is 8.79. The van der Waals surface area contributed by atoms with Crippen LogP contribution in [-0.2, 0) is 9.59 Å². The molecule has 0 aromatic carbocycles. The Balaban J connectivity index is 2.95. The molecule has 1 fully saturated rings. The number of carbonyl (C=O) groups excluding carboxylic acids is 2. The zero-order valence-corrected chi connectivity index (χ0v) is 10.9. The number of Topliss-reactive ketones (excluding diaryl/α,β-unsaturated/α-hetero) is 1. The van der Waals surface area contributed by atoms with E-state index in [4.69, 9.17) is 11.0 Å². The molecule has 4 heteroatoms. The van der Waals surface area contributed by atoms with E-state index in [1.54, 1.807) is 0 Å². The predicted molar refractivity (Wildman–Crippen MR) is 68.3 cm³/mol. The summed E-state index contributed by atoms with van der Waals surface area (Å²) in [5.41, 5.74) is 4.95. The van der Waals surface area contributed by atoms with Crippen molar-refractivity contribution in [3.63, 3.8) is 0 Å². The van der Waals surface area contributed by atoms with Crippen LogP contribution in [0, 0.1) is 16.7 Å². The number of nitriles is 1. The second-order valence-electron chi connectivity index (χ2n) is 4.92. The molecular weight excluding hydrogens is 228 g/mol. The van der Waals surface area contributed by atoms with Crippen molar-refractivity contribution < 1.29 is 9.59 Å². The summed E-state index contributed by atoms with van der Waals surface area (Å²) in [4.78, 5) is 23.7. The van der Waals surface area contributed by atoms with Gasteiger partial charge in [-0.25, -0.2) is 0 Å². The number of allylic oxidation sites excluding steroid dienone is 2. The van der Waals surface area contributed by atoms with Gasteiger partial charge in [0.2, 0.25) is 0 Å². The van der Waals surface area contributed by atoms with Crippen molar-refractivity contribution >= 4 is 12.1 Å². The Bertz CT molecular complexity index is 407. The maximum atomic E-state index is 12.4. The van der Waals surface area contributed by atoms with E-state index in [0.29, 0.717) is 24.8 Å². The van der Waals surface area contributed by atoms with Crippen LogP contribution in [0.1, 0.15) is 51.9 Å². The Kier molecular flexibility index (Phi) is 5.08. The van der Waals surface area contributed by atoms with Crippen molar-refractivity contribution in [2.45, 2.75) is 51.9 Å². The zero-order valence-electron chi connectivity index (χ0n) is 10.9. The molecule has 18 heavy (non-hydrogen) atoms. The second-order valence-corrected chi connectivity index (χ2v) is 4.92. The van der Waals surface area contributed by atoms with E-state index >= 15 is 0 Å². The summed E-state index contributed by atoms with van der Waals surface area (Å²) in [7, 11) is 0. The molecule has 1 saturated carbocycles. The Labute approximate surface area is 108 Å². The van der Waals surface area contributed by atoms with E-state index < -0.39 is 5.41 Å². The number of nitrogens with two attached hydrogens (primary N) is 1. The zero-order chi connectivity index (χ0) is 13.6. The number of nitrogens with zero attached hydrogens (tertiary/aromatic N) is 1. The van der Waals surface area contributed by atoms with Crippen molar-refractivity contribution in [3.8, 4) is 6.07 Å². The van der Waals surface area contributed by atoms with Crippen molar-refractivity contribution in [2.24, 2.45) is 11.1 Å². The molecule has 0 heterocycles. The van der Waals surface area contributed by atoms with Crippen molar-refractivity contribution in [2.75, 3.05) is 0 Å². The first-order valence-electron chi connectivity index (χ1n) is 6.51. The van der Waals surface area contributed by atoms with Crippen LogP contribution in [0.4, 0.5) is 0 Å². The van der Waals surface area contributed by atoms with Crippen LogP contribution in [0.5, 0.6) is 0 Å². The molecule has 0 saturated heterocycles. The van der Waals surface area contributed by atoms with Gasteiger partial charge >= 0.3 is 0 Å². The van der Waals surface area contributed by atoms with Gasteiger partial charge in [-0.2, -0.15) is 5.26 Å². The van der Waals surface area contributed by atoms with E-state index in [1.807, 2.05) is 6.07 Å². The SMILES string of the molecule is CCCCC[C@]1(C=O)CCC/C(=C(/N)C#N)C1=O. The first-order chi connectivity index (χ1) is 8.61. The van der Waals surface area contributed by atoms with Gasteiger partial charge in [-0.3, -0.25) is 4.79 Å². The minimum Gasteiger partial charge on any atom is -0.390 e. The van der Waals surface area contributed by atoms with Gasteiger partial charge in [-0.05, 0) is 25.7 Å². The summed E-state index contributed by atoms with van der Waals surface area (Å²) < 4.78 is 0. The number of ketones is 1. The van der Waals surface area contributed by atoms with Gasteiger partial charge in [0.25, 0.3) is 0 Å². The first-order valence-corrected chi connectivity index (χ1v) is 6.51. The maximum absolute atomic E-state index is 12.4. The lowest BCUT2D eigenvalue weighted by atomic mass is 9.68. The third-order valence-electron chi connectivity index (χ3n) is 3.67. The normalized spacial score (nSPS) is 26.6. The van der Waals surface area contributed by atoms with E-state index in [0.717, 1.165) is 32.0 Å². The highest BCUT2D eigenvalue weighted by molar-refractivity contribution is 6.09. The Hall–Kier alpha value is -1.63. The van der Waals surface area contributed by atoms with Gasteiger partial charge in [0, 0.05) is 5.57 Å². The highest BCUT2D eigenvalue weighted by atomic mass is 16.1. The third kappa shape index (κ3) is 2.79. The van der Waals surface area contributed by atoms with E-state index in [2.05, 4.69) is 6.92 Å². The van der Waals surface area contributed by atoms with Crippen LogP contribution in [0.25, 0.3) is 0 Å². The predicted octanol–water partition coefficient (Wildman–Crippen LogP) is 2.24. The number of hydrogen-bond donors (Lipinski definition) is 1. The summed E-state index contributed by atoms with van der Waals surface area (Å²) in [6, 6.07) is 1.81. The van der Waals surface area contributed by atoms with E-state index in [9.17, 15) is 9.59 Å². The number of carbonyl (C=O) groups is 2. The number of rotatable bonds is 5. The lowest BCUT2D eigenvalue weighted by Gasteiger charge is -2.32. The molecular formula is C14H20N2O2. The van der Waals surface area contributed by atoms with Gasteiger partial charge in [-0.1, -0.05) is 26.2 Å². The van der Waals surface area contributed by atoms with Gasteiger partial charge in [0.15, 0.2) is 5.78 Å². The molecule has 1 aliphatic carbocycles. The van der Waals surface area contributed by atoms with E-state index in [1.165, 1.54) is 0 Å². The monoisotopic (exact) mass is 248 g/mol. The average Bonchev–Trinajstić information content (AvgIpc) is 2.40. The summed E-state index contributed by atoms with van der Waals surface area (Å²) in [6.45, 7) is 2.08. The van der Waals surface area contributed by atoms with Crippen molar-refractivity contribution in [1.82, 2.24) is 0 Å². The van der Waals surface area contributed by atoms with Crippen LogP contribution < -0.4 is 5.73 Å². The number of hydrogen-bond acceptors (Lipinski definition) is 4. The molecule has 4 nitrogen and oxygen atoms in total. The van der Waals surface area contributed by atoms with Crippen LogP contribution in [0.15, 0.2) is 11.3 Å². The highest BCUT2D eigenvalue weighted by Gasteiger charge is 2.42. The fourth-order valence-corrected chi connectivity index (χ4v) is 2.53. The molecule has 0 unspecified atom stereocenters. The minimum atomic E-state index is -0.926. The topological polar surface area (TPSA) is 83.9 Å². The molecule has 1 rings (SSSR count). The van der Waals surface area contributed by atoms with Crippen molar-refractivity contribution in [1.29, 1.82) is 5.26 Å². The van der Waals surface area contributed by atoms with Crippen LogP contribution in [0.3, 0.4) is 0 Å². The summed E-state index contributed by atoms with van der Waals surface area (Å²) >= 11 is 0. The van der Waals surface area contributed by atoms with Gasteiger partial charge in [0.1, 0.15) is 18.1 Å². The fourth-order valence-electron chi connectivity index (χ4n) is 2.53. The minimum absolute atomic E-state index is 0.0265. The van der Waals surface area contributed by atoms with Gasteiger partial charge < -0.3 is 10.5 Å². The molecule has 98 valence electrons. The largest absolute Gasteiger partial charge is 0.390 e. The molecule has 1 aliphatic rings. The number of unbranched alkanes of at least 4 members (excludes halogenated alkanes) is 2. The molecule has 0 spiro atoms. The molecule has 1 atom stereocenters. The molecule has 0 bridgehead atoms. The van der Waals surface area contributed by atoms with Crippen molar-refractivity contribution in [3.05, 3.63) is 11.3 Å². The summed E-state index contributed by atoms with van der Waals surface area (Å²) in [6.07, 6.45) is 6.11. The molecule has 0 aliphatic heterocycles. The van der Waals surface area contributed by atoms with Gasteiger partial charge in [-0.15, -0.1) is 0 Å². The average molecular weight is 248 g/mol. The Morgan fingerprint density at radius 1 is 1.56 bits per heavy atom. The van der Waals surface area contributed by atoms with E-state index in [-0.39, 0.29) is 11.5 Å². The molecule has 2 N–H and O–H groups in total. The lowest BCUT2D eigenvalue weighted by molar-refractivity contribution is -0.134. The smallest absolute Gasteiger partial charge is 0.174 e. The molecule has 0 radical (unpaired) electrons. The second kappa shape index (κ2) is 6.34. The Morgan fingerprint density at radius 2 is 2.28 bits per heavy atom. The highest BCUT2D eigenvalue weighted by Crippen LogP contribution is 2.39. The van der Waals surface area contributed by atoms with Crippen LogP contribution in [-0.4, -0.2) is 12.1 Å². The standard InChI is InChI=1S/C14H20N2O2/c1-2-3-4-7-14(10-17)8-5-6-11(13(14)18)12(16)9-15/h10H,2-8,16H2,1H3/b12-11-/t14-/m1/s1. The van der Waals surface area contributed by atoms with Crippen LogP contribution in [0.2, 0.25) is 0 Å². The third-order valence-corrected chi connectivity index (χ3v) is 3.67. The maximum Gasteiger partial charge on any atom is 0.174 e. The summed E-state index contributed by atoms with van der Waals surface area (Å²) in [5.74, 6) is -0.223. The first kappa shape index (κ1) is 14.4. The van der Waals surface area contributed by atoms with Crippen LogP contribution >= 0.6 is 0 Å². The fraction of sp³-hybridized carbons (Fsp3) is 0.643. The molecule has 0 aromatic rings. The number of aldehydes is 1. The molecule has 0 amide bonds. The van der Waals surface area contributed by atoms with Gasteiger partial charge in [0.05, 0.1) is 5.41 Å². The lowest BCUT2D eigenvalue weighted by Crippen LogP contribution is -2.38. The molecule has 0 aromatic heterocycles. The quantitative estimate of drug-likeness (QED) is 0.266. The Morgan fingerprint density at radius 3 is 2.83 bits per heavy atom.